The third kappa shape index (κ3) is 3.98. The maximum Gasteiger partial charge on any atom is 0.304 e. The Balaban J connectivity index is 1.92. The van der Waals surface area contributed by atoms with Gasteiger partial charge in [0.15, 0.2) is 0 Å². The van der Waals surface area contributed by atoms with Crippen LogP contribution in [0.4, 0.5) is 10.1 Å². The molecule has 0 aliphatic carbocycles. The van der Waals surface area contributed by atoms with Gasteiger partial charge in [-0.3, -0.25) is 19.9 Å². The molecule has 1 atom stereocenters. The standard InChI is InChI=1S/C15H22FN3O2/c1-3-12(2)18-8-6-17(7-9-18)11-13-4-5-15(19(20)21)14(16)10-13/h4-5,10,12H,3,6-9,11H2,1-2H3. The monoisotopic (exact) mass is 295 g/mol. The van der Waals surface area contributed by atoms with Crippen LogP contribution < -0.4 is 0 Å². The molecule has 6 heteroatoms. The molecule has 1 aliphatic heterocycles. The second-order valence-corrected chi connectivity index (χ2v) is 5.61. The van der Waals surface area contributed by atoms with Gasteiger partial charge in [-0.25, -0.2) is 0 Å². The maximum atomic E-state index is 13.6. The molecular weight excluding hydrogens is 273 g/mol. The highest BCUT2D eigenvalue weighted by Crippen LogP contribution is 2.19. The molecule has 1 unspecified atom stereocenters. The normalized spacial score (nSPS) is 18.6. The van der Waals surface area contributed by atoms with Crippen LogP contribution in [0.3, 0.4) is 0 Å². The molecule has 0 amide bonds. The number of nitro benzene ring substituents is 1. The molecule has 1 aliphatic rings. The minimum absolute atomic E-state index is 0.458. The summed E-state index contributed by atoms with van der Waals surface area (Å²) in [4.78, 5) is 14.6. The van der Waals surface area contributed by atoms with Crippen molar-refractivity contribution < 1.29 is 9.31 Å². The molecule has 0 bridgehead atoms. The number of hydrogen-bond acceptors (Lipinski definition) is 4. The predicted octanol–water partition coefficient (Wildman–Crippen LogP) is 2.65. The van der Waals surface area contributed by atoms with Crippen molar-refractivity contribution in [2.75, 3.05) is 26.2 Å². The first kappa shape index (κ1) is 15.9. The third-order valence-corrected chi connectivity index (χ3v) is 4.24. The lowest BCUT2D eigenvalue weighted by Gasteiger charge is -2.37. The molecule has 1 saturated heterocycles. The smallest absolute Gasteiger partial charge is 0.298 e. The fourth-order valence-corrected chi connectivity index (χ4v) is 2.68. The molecule has 0 spiro atoms. The van der Waals surface area contributed by atoms with Crippen molar-refractivity contribution in [1.82, 2.24) is 9.80 Å². The van der Waals surface area contributed by atoms with Gasteiger partial charge in [0, 0.05) is 44.8 Å². The van der Waals surface area contributed by atoms with Crippen LogP contribution >= 0.6 is 0 Å². The molecule has 21 heavy (non-hydrogen) atoms. The first-order valence-electron chi connectivity index (χ1n) is 7.40. The summed E-state index contributed by atoms with van der Waals surface area (Å²) in [5.41, 5.74) is 0.329. The molecule has 0 saturated carbocycles. The van der Waals surface area contributed by atoms with E-state index in [-0.39, 0.29) is 0 Å². The van der Waals surface area contributed by atoms with E-state index in [2.05, 4.69) is 23.6 Å². The van der Waals surface area contributed by atoms with Crippen LogP contribution in [0.1, 0.15) is 25.8 Å². The molecule has 0 aromatic heterocycles. The van der Waals surface area contributed by atoms with E-state index in [1.54, 1.807) is 6.07 Å². The summed E-state index contributed by atoms with van der Waals surface area (Å²) >= 11 is 0. The van der Waals surface area contributed by atoms with Crippen molar-refractivity contribution >= 4 is 5.69 Å². The molecule has 116 valence electrons. The lowest BCUT2D eigenvalue weighted by molar-refractivity contribution is -0.387. The van der Waals surface area contributed by atoms with E-state index in [0.29, 0.717) is 12.6 Å². The van der Waals surface area contributed by atoms with Gasteiger partial charge in [-0.1, -0.05) is 13.0 Å². The number of benzene rings is 1. The minimum Gasteiger partial charge on any atom is -0.298 e. The average molecular weight is 295 g/mol. The van der Waals surface area contributed by atoms with Crippen LogP contribution in [0, 0.1) is 15.9 Å². The second-order valence-electron chi connectivity index (χ2n) is 5.61. The molecule has 1 heterocycles. The van der Waals surface area contributed by atoms with Gasteiger partial charge in [0.05, 0.1) is 4.92 Å². The summed E-state index contributed by atoms with van der Waals surface area (Å²) in [6.07, 6.45) is 1.15. The molecule has 2 rings (SSSR count). The first-order chi connectivity index (χ1) is 10.0. The summed E-state index contributed by atoms with van der Waals surface area (Å²) in [5.74, 6) is -0.754. The van der Waals surface area contributed by atoms with E-state index in [1.165, 1.54) is 12.1 Å². The molecule has 0 N–H and O–H groups in total. The van der Waals surface area contributed by atoms with Crippen molar-refractivity contribution in [3.63, 3.8) is 0 Å². The van der Waals surface area contributed by atoms with Gasteiger partial charge in [0.2, 0.25) is 5.82 Å². The van der Waals surface area contributed by atoms with Crippen molar-refractivity contribution in [3.05, 3.63) is 39.7 Å². The van der Waals surface area contributed by atoms with Gasteiger partial charge in [-0.15, -0.1) is 0 Å². The van der Waals surface area contributed by atoms with Crippen molar-refractivity contribution in [3.8, 4) is 0 Å². The van der Waals surface area contributed by atoms with Crippen LogP contribution in [0.5, 0.6) is 0 Å². The predicted molar refractivity (Wildman–Crippen MR) is 79.7 cm³/mol. The molecule has 5 nitrogen and oxygen atoms in total. The highest BCUT2D eigenvalue weighted by Gasteiger charge is 2.21. The molecular formula is C15H22FN3O2. The third-order valence-electron chi connectivity index (χ3n) is 4.24. The fraction of sp³-hybridized carbons (Fsp3) is 0.600. The van der Waals surface area contributed by atoms with Crippen molar-refractivity contribution in [2.24, 2.45) is 0 Å². The van der Waals surface area contributed by atoms with E-state index in [0.717, 1.165) is 38.2 Å². The number of nitrogens with zero attached hydrogens (tertiary/aromatic N) is 3. The summed E-state index contributed by atoms with van der Waals surface area (Å²) < 4.78 is 13.6. The number of hydrogen-bond donors (Lipinski definition) is 0. The summed E-state index contributed by atoms with van der Waals surface area (Å²) in [7, 11) is 0. The largest absolute Gasteiger partial charge is 0.304 e. The Bertz CT molecular complexity index is 502. The van der Waals surface area contributed by atoms with Gasteiger partial charge in [-0.05, 0) is 25.0 Å². The van der Waals surface area contributed by atoms with E-state index < -0.39 is 16.4 Å². The fourth-order valence-electron chi connectivity index (χ4n) is 2.68. The lowest BCUT2D eigenvalue weighted by atomic mass is 10.1. The van der Waals surface area contributed by atoms with Crippen LogP contribution in [0.25, 0.3) is 0 Å². The van der Waals surface area contributed by atoms with Gasteiger partial charge in [0.1, 0.15) is 0 Å². The Hall–Kier alpha value is -1.53. The number of rotatable bonds is 5. The summed E-state index contributed by atoms with van der Waals surface area (Å²) in [6, 6.07) is 4.77. The Kier molecular flexibility index (Phi) is 5.25. The van der Waals surface area contributed by atoms with Gasteiger partial charge in [-0.2, -0.15) is 4.39 Å². The van der Waals surface area contributed by atoms with Crippen LogP contribution in [0.15, 0.2) is 18.2 Å². The van der Waals surface area contributed by atoms with Crippen LogP contribution in [0.2, 0.25) is 0 Å². The second kappa shape index (κ2) is 6.95. The number of halogens is 1. The van der Waals surface area contributed by atoms with E-state index in [4.69, 9.17) is 0 Å². The topological polar surface area (TPSA) is 49.6 Å². The summed E-state index contributed by atoms with van der Waals surface area (Å²) in [6.45, 7) is 9.00. The van der Waals surface area contributed by atoms with E-state index in [1.807, 2.05) is 0 Å². The Morgan fingerprint density at radius 2 is 2.00 bits per heavy atom. The first-order valence-corrected chi connectivity index (χ1v) is 7.40. The molecule has 1 aromatic carbocycles. The number of piperazine rings is 1. The van der Waals surface area contributed by atoms with Crippen LogP contribution in [-0.2, 0) is 6.54 Å². The van der Waals surface area contributed by atoms with Crippen molar-refractivity contribution in [2.45, 2.75) is 32.9 Å². The minimum atomic E-state index is -0.754. The zero-order valence-corrected chi connectivity index (χ0v) is 12.6. The van der Waals surface area contributed by atoms with Gasteiger partial charge in [0.25, 0.3) is 0 Å². The quantitative estimate of drug-likeness (QED) is 0.619. The van der Waals surface area contributed by atoms with E-state index in [9.17, 15) is 14.5 Å². The average Bonchev–Trinajstić information content (AvgIpc) is 2.47. The van der Waals surface area contributed by atoms with E-state index >= 15 is 0 Å². The Labute approximate surface area is 124 Å². The highest BCUT2D eigenvalue weighted by atomic mass is 19.1. The van der Waals surface area contributed by atoms with Gasteiger partial charge < -0.3 is 0 Å². The summed E-state index contributed by atoms with van der Waals surface area (Å²) in [5, 5.41) is 10.6. The zero-order valence-electron chi connectivity index (χ0n) is 12.6. The van der Waals surface area contributed by atoms with Crippen molar-refractivity contribution in [1.29, 1.82) is 0 Å². The van der Waals surface area contributed by atoms with Gasteiger partial charge >= 0.3 is 5.69 Å². The Morgan fingerprint density at radius 1 is 1.33 bits per heavy atom. The molecule has 1 aromatic rings. The molecule has 1 fully saturated rings. The number of nitro groups is 1. The molecule has 0 radical (unpaired) electrons. The zero-order chi connectivity index (χ0) is 15.4. The Morgan fingerprint density at radius 3 is 2.52 bits per heavy atom. The lowest BCUT2D eigenvalue weighted by Crippen LogP contribution is -2.48. The SMILES string of the molecule is CCC(C)N1CCN(Cc2ccc([N+](=O)[O-])c(F)c2)CC1. The highest BCUT2D eigenvalue weighted by molar-refractivity contribution is 5.34. The maximum absolute atomic E-state index is 13.6. The van der Waals surface area contributed by atoms with Crippen LogP contribution in [-0.4, -0.2) is 46.9 Å².